The number of thiazole rings is 1. The van der Waals surface area contributed by atoms with Crippen molar-refractivity contribution in [3.8, 4) is 0 Å². The molecule has 1 atom stereocenters. The second kappa shape index (κ2) is 9.78. The van der Waals surface area contributed by atoms with Crippen LogP contribution in [0.15, 0.2) is 4.99 Å². The van der Waals surface area contributed by atoms with Crippen LogP contribution < -0.4 is 5.32 Å². The molecule has 5 nitrogen and oxygen atoms in total. The van der Waals surface area contributed by atoms with Gasteiger partial charge in [-0.1, -0.05) is 6.92 Å². The molecule has 1 N–H and O–H groups in total. The fraction of sp³-hybridized carbons (Fsp3) is 0.750. The van der Waals surface area contributed by atoms with E-state index in [1.807, 2.05) is 7.05 Å². The summed E-state index contributed by atoms with van der Waals surface area (Å²) in [6.07, 6.45) is 2.61. The minimum Gasteiger partial charge on any atom is -0.351 e. The molecule has 0 saturated carbocycles. The molecule has 1 unspecified atom stereocenters. The first-order chi connectivity index (χ1) is 10.5. The topological polar surface area (TPSA) is 43.8 Å². The van der Waals surface area contributed by atoms with Crippen LogP contribution in [0.1, 0.15) is 35.3 Å². The van der Waals surface area contributed by atoms with Gasteiger partial charge in [0, 0.05) is 31.6 Å². The van der Waals surface area contributed by atoms with Crippen LogP contribution in [0, 0.1) is 13.8 Å². The average Bonchev–Trinajstić information content (AvgIpc) is 3.05. The van der Waals surface area contributed by atoms with Crippen LogP contribution >= 0.6 is 35.3 Å². The highest BCUT2D eigenvalue weighted by Crippen LogP contribution is 2.18. The molecule has 1 aliphatic heterocycles. The number of likely N-dealkylation sites (tertiary alicyclic amines) is 1. The van der Waals surface area contributed by atoms with Crippen molar-refractivity contribution in [3.63, 3.8) is 0 Å². The lowest BCUT2D eigenvalue weighted by Crippen LogP contribution is -2.45. The fourth-order valence-electron chi connectivity index (χ4n) is 3.20. The maximum absolute atomic E-state index is 4.48. The summed E-state index contributed by atoms with van der Waals surface area (Å²) in [5.41, 5.74) is 1.13. The molecule has 132 valence electrons. The highest BCUT2D eigenvalue weighted by atomic mass is 127. The number of aryl methyl sites for hydroxylation is 2. The predicted molar refractivity (Wildman–Crippen MR) is 110 cm³/mol. The van der Waals surface area contributed by atoms with Crippen LogP contribution in [0.3, 0.4) is 0 Å². The number of likely N-dealkylation sites (N-methyl/N-ethyl adjacent to an activating group) is 2. The molecule has 7 heteroatoms. The Morgan fingerprint density at radius 1 is 1.48 bits per heavy atom. The second-order valence-electron chi connectivity index (χ2n) is 5.95. The smallest absolute Gasteiger partial charge is 0.193 e. The van der Waals surface area contributed by atoms with E-state index in [-0.39, 0.29) is 24.0 Å². The Hall–Kier alpha value is -0.410. The first-order valence-corrected chi connectivity index (χ1v) is 8.95. The number of hydrogen-bond acceptors (Lipinski definition) is 4. The molecule has 23 heavy (non-hydrogen) atoms. The van der Waals surface area contributed by atoms with Gasteiger partial charge in [0.1, 0.15) is 0 Å². The molecule has 2 heterocycles. The number of nitrogens with zero attached hydrogens (tertiary/aromatic N) is 4. The monoisotopic (exact) mass is 451 g/mol. The third-order valence-electron chi connectivity index (χ3n) is 4.37. The Labute approximate surface area is 161 Å². The molecular formula is C16H30IN5S. The van der Waals surface area contributed by atoms with Crippen molar-refractivity contribution < 1.29 is 0 Å². The first kappa shape index (κ1) is 20.6. The van der Waals surface area contributed by atoms with E-state index in [4.69, 9.17) is 0 Å². The third-order valence-corrected chi connectivity index (χ3v) is 5.44. The van der Waals surface area contributed by atoms with E-state index in [0.29, 0.717) is 6.04 Å². The van der Waals surface area contributed by atoms with Gasteiger partial charge >= 0.3 is 0 Å². The Morgan fingerprint density at radius 2 is 2.22 bits per heavy atom. The summed E-state index contributed by atoms with van der Waals surface area (Å²) in [4.78, 5) is 15.0. The van der Waals surface area contributed by atoms with Crippen molar-refractivity contribution in [3.05, 3.63) is 15.6 Å². The lowest BCUT2D eigenvalue weighted by Gasteiger charge is -2.29. The van der Waals surface area contributed by atoms with Gasteiger partial charge in [-0.15, -0.1) is 35.3 Å². The SMILES string of the molecule is CCN1CCCC1CN(C)C(=NC)NCc1sc(C)nc1C.I. The van der Waals surface area contributed by atoms with Crippen LogP contribution in [0.4, 0.5) is 0 Å². The fourth-order valence-corrected chi connectivity index (χ4v) is 4.08. The Morgan fingerprint density at radius 3 is 2.78 bits per heavy atom. The zero-order chi connectivity index (χ0) is 16.1. The van der Waals surface area contributed by atoms with E-state index < -0.39 is 0 Å². The Bertz CT molecular complexity index is 517. The van der Waals surface area contributed by atoms with E-state index in [0.717, 1.165) is 36.3 Å². The number of aromatic nitrogens is 1. The third kappa shape index (κ3) is 5.56. The Balaban J connectivity index is 0.00000264. The molecule has 0 aromatic carbocycles. The molecule has 0 bridgehead atoms. The van der Waals surface area contributed by atoms with Crippen molar-refractivity contribution in [2.45, 2.75) is 46.2 Å². The predicted octanol–water partition coefficient (Wildman–Crippen LogP) is 2.87. The van der Waals surface area contributed by atoms with Gasteiger partial charge in [-0.05, 0) is 39.8 Å². The van der Waals surface area contributed by atoms with Gasteiger partial charge in [-0.3, -0.25) is 9.89 Å². The number of hydrogen-bond donors (Lipinski definition) is 1. The van der Waals surface area contributed by atoms with E-state index in [1.54, 1.807) is 11.3 Å². The van der Waals surface area contributed by atoms with Crippen molar-refractivity contribution in [2.24, 2.45) is 4.99 Å². The molecule has 0 spiro atoms. The van der Waals surface area contributed by atoms with Gasteiger partial charge in [0.15, 0.2) is 5.96 Å². The molecule has 0 aliphatic carbocycles. The Kier molecular flexibility index (Phi) is 8.78. The quantitative estimate of drug-likeness (QED) is 0.425. The summed E-state index contributed by atoms with van der Waals surface area (Å²) < 4.78 is 0. The largest absolute Gasteiger partial charge is 0.351 e. The zero-order valence-electron chi connectivity index (χ0n) is 14.9. The highest BCUT2D eigenvalue weighted by Gasteiger charge is 2.24. The number of nitrogens with one attached hydrogen (secondary N) is 1. The van der Waals surface area contributed by atoms with Crippen molar-refractivity contribution in [1.82, 2.24) is 20.1 Å². The van der Waals surface area contributed by atoms with Gasteiger partial charge in [-0.2, -0.15) is 0 Å². The van der Waals surface area contributed by atoms with E-state index in [2.05, 4.69) is 52.9 Å². The summed E-state index contributed by atoms with van der Waals surface area (Å²) in [6, 6.07) is 0.654. The summed E-state index contributed by atoms with van der Waals surface area (Å²) >= 11 is 1.76. The molecule has 2 rings (SSSR count). The molecular weight excluding hydrogens is 421 g/mol. The summed E-state index contributed by atoms with van der Waals surface area (Å²) in [6.45, 7) is 10.6. The standard InChI is InChI=1S/C16H29N5S.HI/c1-6-21-9-7-8-14(21)11-20(5)16(17-4)18-10-15-12(2)19-13(3)22-15;/h14H,6-11H2,1-5H3,(H,17,18);1H. The van der Waals surface area contributed by atoms with Crippen LogP contribution in [0.25, 0.3) is 0 Å². The van der Waals surface area contributed by atoms with Gasteiger partial charge < -0.3 is 10.2 Å². The van der Waals surface area contributed by atoms with Crippen LogP contribution in [-0.2, 0) is 6.54 Å². The molecule has 1 aliphatic rings. The molecule has 0 amide bonds. The highest BCUT2D eigenvalue weighted by molar-refractivity contribution is 14.0. The van der Waals surface area contributed by atoms with Crippen LogP contribution in [0.2, 0.25) is 0 Å². The molecule has 1 aromatic heterocycles. The van der Waals surface area contributed by atoms with Gasteiger partial charge in [0.25, 0.3) is 0 Å². The number of aliphatic imine (C=N–C) groups is 1. The minimum absolute atomic E-state index is 0. The maximum atomic E-state index is 4.48. The summed E-state index contributed by atoms with van der Waals surface area (Å²) in [5, 5.41) is 4.60. The maximum Gasteiger partial charge on any atom is 0.193 e. The number of guanidine groups is 1. The lowest BCUT2D eigenvalue weighted by molar-refractivity contribution is 0.232. The van der Waals surface area contributed by atoms with Crippen LogP contribution in [-0.4, -0.2) is 60.5 Å². The average molecular weight is 451 g/mol. The number of rotatable bonds is 5. The number of halogens is 1. The van der Waals surface area contributed by atoms with E-state index in [1.165, 1.54) is 24.3 Å². The van der Waals surface area contributed by atoms with Crippen molar-refractivity contribution in [2.75, 3.05) is 33.7 Å². The van der Waals surface area contributed by atoms with Gasteiger partial charge in [0.05, 0.1) is 17.2 Å². The van der Waals surface area contributed by atoms with E-state index in [9.17, 15) is 0 Å². The molecule has 1 fully saturated rings. The molecule has 1 saturated heterocycles. The molecule has 0 radical (unpaired) electrons. The zero-order valence-corrected chi connectivity index (χ0v) is 18.1. The van der Waals surface area contributed by atoms with Gasteiger partial charge in [0.2, 0.25) is 0 Å². The van der Waals surface area contributed by atoms with Crippen LogP contribution in [0.5, 0.6) is 0 Å². The van der Waals surface area contributed by atoms with E-state index >= 15 is 0 Å². The summed E-state index contributed by atoms with van der Waals surface area (Å²) in [7, 11) is 3.99. The van der Waals surface area contributed by atoms with Gasteiger partial charge in [-0.25, -0.2) is 4.98 Å². The molecule has 1 aromatic rings. The summed E-state index contributed by atoms with van der Waals surface area (Å²) in [5.74, 6) is 0.966. The second-order valence-corrected chi connectivity index (χ2v) is 7.24. The minimum atomic E-state index is 0. The first-order valence-electron chi connectivity index (χ1n) is 8.13. The normalized spacial score (nSPS) is 18.8. The van der Waals surface area contributed by atoms with Crippen molar-refractivity contribution in [1.29, 1.82) is 0 Å². The van der Waals surface area contributed by atoms with Crippen molar-refractivity contribution >= 4 is 41.3 Å². The lowest BCUT2D eigenvalue weighted by atomic mass is 10.2.